The Morgan fingerprint density at radius 2 is 2.24 bits per heavy atom. The molecule has 0 aromatic carbocycles. The monoisotopic (exact) mass is 259 g/mol. The molecule has 0 saturated heterocycles. The highest BCUT2D eigenvalue weighted by molar-refractivity contribution is 7.89. The average Bonchev–Trinajstić information content (AvgIpc) is 2.35. The minimum absolute atomic E-state index is 0.219. The number of pyridine rings is 1. The molecule has 0 atom stereocenters. The summed E-state index contributed by atoms with van der Waals surface area (Å²) in [4.78, 5) is 20.6. The van der Waals surface area contributed by atoms with E-state index >= 15 is 0 Å². The van der Waals surface area contributed by atoms with Gasteiger partial charge >= 0.3 is 6.09 Å². The molecule has 0 aliphatic heterocycles. The van der Waals surface area contributed by atoms with Crippen LogP contribution in [0.15, 0.2) is 29.4 Å². The smallest absolute Gasteiger partial charge is 0.338 e. The summed E-state index contributed by atoms with van der Waals surface area (Å²) in [6, 6.07) is 4.38. The van der Waals surface area contributed by atoms with Gasteiger partial charge in [-0.05, 0) is 23.4 Å². The molecule has 0 saturated carbocycles. The molecule has 94 valence electrons. The fraction of sp³-hybridized carbons (Fsp3) is 0.333. The van der Waals surface area contributed by atoms with Gasteiger partial charge in [0.25, 0.3) is 10.0 Å². The molecule has 0 spiro atoms. The van der Waals surface area contributed by atoms with Crippen molar-refractivity contribution in [2.24, 2.45) is 0 Å². The maximum absolute atomic E-state index is 11.5. The molecular formula is C9H13N3O4S. The lowest BCUT2D eigenvalue weighted by molar-refractivity contribution is 0.124. The second-order valence-corrected chi connectivity index (χ2v) is 4.66. The summed E-state index contributed by atoms with van der Waals surface area (Å²) < 4.78 is 23.1. The SMILES string of the molecule is CCCNC(=O)ONS(=O)(=O)c1ccccn1. The standard InChI is InChI=1S/C9H13N3O4S/c1-2-6-11-9(13)16-12-17(14,15)8-5-3-4-7-10-8/h3-5,7,12H,2,6H2,1H3,(H,11,13). The largest absolute Gasteiger partial charge is 0.427 e. The Balaban J connectivity index is 2.54. The molecule has 7 nitrogen and oxygen atoms in total. The summed E-state index contributed by atoms with van der Waals surface area (Å²) in [6.45, 7) is 2.27. The molecule has 0 fully saturated rings. The van der Waals surface area contributed by atoms with Crippen LogP contribution in [0.3, 0.4) is 0 Å². The van der Waals surface area contributed by atoms with Gasteiger partial charge in [-0.15, -0.1) is 0 Å². The molecule has 0 aliphatic carbocycles. The van der Waals surface area contributed by atoms with E-state index < -0.39 is 16.1 Å². The van der Waals surface area contributed by atoms with Crippen molar-refractivity contribution >= 4 is 16.1 Å². The molecule has 0 radical (unpaired) electrons. The Morgan fingerprint density at radius 1 is 1.47 bits per heavy atom. The lowest BCUT2D eigenvalue weighted by Gasteiger charge is -2.06. The van der Waals surface area contributed by atoms with E-state index in [1.165, 1.54) is 18.3 Å². The van der Waals surface area contributed by atoms with Gasteiger partial charge in [0.15, 0.2) is 5.03 Å². The fourth-order valence-electron chi connectivity index (χ4n) is 0.905. The molecule has 17 heavy (non-hydrogen) atoms. The van der Waals surface area contributed by atoms with E-state index in [2.05, 4.69) is 15.1 Å². The first-order chi connectivity index (χ1) is 8.06. The molecule has 2 N–H and O–H groups in total. The quantitative estimate of drug-likeness (QED) is 0.746. The van der Waals surface area contributed by atoms with Crippen molar-refractivity contribution in [2.45, 2.75) is 18.4 Å². The summed E-state index contributed by atoms with van der Waals surface area (Å²) >= 11 is 0. The topological polar surface area (TPSA) is 97.4 Å². The first-order valence-corrected chi connectivity index (χ1v) is 6.42. The van der Waals surface area contributed by atoms with Crippen molar-refractivity contribution in [3.63, 3.8) is 0 Å². The van der Waals surface area contributed by atoms with Gasteiger partial charge in [-0.3, -0.25) is 0 Å². The number of sulfonamides is 1. The highest BCUT2D eigenvalue weighted by Crippen LogP contribution is 2.02. The first kappa shape index (κ1) is 13.4. The van der Waals surface area contributed by atoms with E-state index in [4.69, 9.17) is 0 Å². The van der Waals surface area contributed by atoms with Crippen molar-refractivity contribution in [3.8, 4) is 0 Å². The van der Waals surface area contributed by atoms with Crippen LogP contribution in [0.5, 0.6) is 0 Å². The number of aromatic nitrogens is 1. The van der Waals surface area contributed by atoms with E-state index in [1.807, 2.05) is 6.92 Å². The number of rotatable bonds is 5. The van der Waals surface area contributed by atoms with Crippen LogP contribution in [0.25, 0.3) is 0 Å². The van der Waals surface area contributed by atoms with Crippen LogP contribution in [-0.2, 0) is 14.9 Å². The van der Waals surface area contributed by atoms with Crippen LogP contribution in [-0.4, -0.2) is 26.0 Å². The molecule has 1 amide bonds. The van der Waals surface area contributed by atoms with Crippen molar-refractivity contribution in [3.05, 3.63) is 24.4 Å². The van der Waals surface area contributed by atoms with Crippen LogP contribution in [0.1, 0.15) is 13.3 Å². The van der Waals surface area contributed by atoms with Gasteiger partial charge in [0.05, 0.1) is 0 Å². The molecular weight excluding hydrogens is 246 g/mol. The summed E-state index contributed by atoms with van der Waals surface area (Å²) in [5.74, 6) is 0. The molecule has 0 aliphatic rings. The van der Waals surface area contributed by atoms with Gasteiger partial charge in [0, 0.05) is 12.7 Å². The van der Waals surface area contributed by atoms with Crippen molar-refractivity contribution in [2.75, 3.05) is 6.54 Å². The maximum Gasteiger partial charge on any atom is 0.427 e. The molecule has 8 heteroatoms. The predicted molar refractivity (Wildman–Crippen MR) is 59.3 cm³/mol. The Morgan fingerprint density at radius 3 is 2.82 bits per heavy atom. The Bertz CT molecular complexity index is 460. The van der Waals surface area contributed by atoms with Crippen LogP contribution in [0, 0.1) is 0 Å². The molecule has 1 heterocycles. The number of hydrogen-bond acceptors (Lipinski definition) is 5. The zero-order valence-electron chi connectivity index (χ0n) is 9.21. The molecule has 1 aromatic rings. The second-order valence-electron chi connectivity index (χ2n) is 3.07. The van der Waals surface area contributed by atoms with Crippen LogP contribution >= 0.6 is 0 Å². The summed E-state index contributed by atoms with van der Waals surface area (Å²) in [5, 5.41) is 2.13. The first-order valence-electron chi connectivity index (χ1n) is 4.94. The summed E-state index contributed by atoms with van der Waals surface area (Å²) in [6.07, 6.45) is 1.19. The van der Waals surface area contributed by atoms with Crippen molar-refractivity contribution in [1.29, 1.82) is 0 Å². The third-order valence-corrected chi connectivity index (χ3v) is 2.77. The number of carbonyl (C=O) groups excluding carboxylic acids is 1. The normalized spacial score (nSPS) is 10.9. The number of carbonyl (C=O) groups is 1. The average molecular weight is 259 g/mol. The van der Waals surface area contributed by atoms with Gasteiger partial charge in [-0.1, -0.05) is 13.0 Å². The van der Waals surface area contributed by atoms with Crippen molar-refractivity contribution in [1.82, 2.24) is 15.2 Å². The molecule has 1 aromatic heterocycles. The Hall–Kier alpha value is -1.67. The third-order valence-electron chi connectivity index (χ3n) is 1.68. The minimum atomic E-state index is -3.92. The number of nitrogens with zero attached hydrogens (tertiary/aromatic N) is 1. The van der Waals surface area contributed by atoms with E-state index in [9.17, 15) is 13.2 Å². The van der Waals surface area contributed by atoms with Gasteiger partial charge in [0.2, 0.25) is 0 Å². The van der Waals surface area contributed by atoms with E-state index in [1.54, 1.807) is 11.0 Å². The Kier molecular flexibility index (Phi) is 4.85. The zero-order valence-corrected chi connectivity index (χ0v) is 10.0. The highest BCUT2D eigenvalue weighted by atomic mass is 32.2. The summed E-state index contributed by atoms with van der Waals surface area (Å²) in [7, 11) is -3.92. The van der Waals surface area contributed by atoms with E-state index in [0.717, 1.165) is 6.42 Å². The number of amides is 1. The van der Waals surface area contributed by atoms with Gasteiger partial charge < -0.3 is 10.2 Å². The Labute approximate surface area is 99.2 Å². The second kappa shape index (κ2) is 6.16. The maximum atomic E-state index is 11.5. The summed E-state index contributed by atoms with van der Waals surface area (Å²) in [5.41, 5.74) is 0. The van der Waals surface area contributed by atoms with E-state index in [0.29, 0.717) is 6.54 Å². The minimum Gasteiger partial charge on any atom is -0.338 e. The van der Waals surface area contributed by atoms with Gasteiger partial charge in [-0.2, -0.15) is 0 Å². The fourth-order valence-corrected chi connectivity index (χ4v) is 1.63. The lowest BCUT2D eigenvalue weighted by Crippen LogP contribution is -2.34. The van der Waals surface area contributed by atoms with E-state index in [-0.39, 0.29) is 5.03 Å². The van der Waals surface area contributed by atoms with Gasteiger partial charge in [-0.25, -0.2) is 18.2 Å². The molecule has 1 rings (SSSR count). The third kappa shape index (κ3) is 4.37. The van der Waals surface area contributed by atoms with Crippen LogP contribution < -0.4 is 10.2 Å². The zero-order chi connectivity index (χ0) is 12.7. The van der Waals surface area contributed by atoms with Gasteiger partial charge in [0.1, 0.15) is 0 Å². The van der Waals surface area contributed by atoms with Crippen LogP contribution in [0.4, 0.5) is 4.79 Å². The molecule has 0 bridgehead atoms. The van der Waals surface area contributed by atoms with Crippen LogP contribution in [0.2, 0.25) is 0 Å². The predicted octanol–water partition coefficient (Wildman–Crippen LogP) is 0.411. The number of nitrogens with one attached hydrogen (secondary N) is 2. The van der Waals surface area contributed by atoms with Crippen molar-refractivity contribution < 1.29 is 18.0 Å². The highest BCUT2D eigenvalue weighted by Gasteiger charge is 2.17. The lowest BCUT2D eigenvalue weighted by atomic mass is 10.5. The number of hydrogen-bond donors (Lipinski definition) is 2. The molecule has 0 unspecified atom stereocenters.